The fourth-order valence-corrected chi connectivity index (χ4v) is 3.20. The standard InChI is InChI=1S/C8H6O2S.C7H6N2/c9-11(10)6-5-7-3-1-2-4-8(7)11;1-2-4-7-6(3-1)8-5-9-7/h1-6H;1-5H,(H,8,9). The van der Waals surface area contributed by atoms with Crippen LogP contribution in [0.4, 0.5) is 0 Å². The summed E-state index contributed by atoms with van der Waals surface area (Å²) in [5.74, 6) is 0. The molecule has 5 heteroatoms. The second-order valence-corrected chi connectivity index (χ2v) is 6.11. The van der Waals surface area contributed by atoms with Crippen LogP contribution in [0.15, 0.2) is 65.2 Å². The molecule has 0 bridgehead atoms. The lowest BCUT2D eigenvalue weighted by Crippen LogP contribution is -1.91. The number of imidazole rings is 1. The number of benzene rings is 2. The first-order valence-corrected chi connectivity index (χ1v) is 7.62. The summed E-state index contributed by atoms with van der Waals surface area (Å²) in [6, 6.07) is 14.9. The molecule has 100 valence electrons. The van der Waals surface area contributed by atoms with E-state index in [2.05, 4.69) is 9.97 Å². The highest BCUT2D eigenvalue weighted by atomic mass is 32.2. The van der Waals surface area contributed by atoms with Gasteiger partial charge in [-0.05, 0) is 29.8 Å². The Bertz CT molecular complexity index is 849. The molecule has 0 saturated heterocycles. The number of nitrogens with zero attached hydrogens (tertiary/aromatic N) is 1. The number of sulfone groups is 1. The molecule has 0 fully saturated rings. The summed E-state index contributed by atoms with van der Waals surface area (Å²) in [4.78, 5) is 7.49. The maximum Gasteiger partial charge on any atom is 0.200 e. The van der Waals surface area contributed by atoms with Gasteiger partial charge in [0.2, 0.25) is 0 Å². The maximum atomic E-state index is 11.2. The Morgan fingerprint density at radius 1 is 0.950 bits per heavy atom. The lowest BCUT2D eigenvalue weighted by Gasteiger charge is -1.94. The third-order valence-electron chi connectivity index (χ3n) is 2.98. The van der Waals surface area contributed by atoms with Gasteiger partial charge in [0.15, 0.2) is 9.84 Å². The van der Waals surface area contributed by atoms with Gasteiger partial charge < -0.3 is 4.98 Å². The van der Waals surface area contributed by atoms with Crippen molar-refractivity contribution in [1.82, 2.24) is 9.97 Å². The molecule has 2 aromatic carbocycles. The number of hydrogen-bond donors (Lipinski definition) is 1. The van der Waals surface area contributed by atoms with Crippen molar-refractivity contribution in [2.75, 3.05) is 0 Å². The van der Waals surface area contributed by atoms with Crippen molar-refractivity contribution in [2.45, 2.75) is 4.90 Å². The van der Waals surface area contributed by atoms with E-state index < -0.39 is 9.84 Å². The molecule has 0 amide bonds. The number of fused-ring (bicyclic) bond motifs is 2. The normalized spacial score (nSPS) is 14.6. The highest BCUT2D eigenvalue weighted by Crippen LogP contribution is 2.25. The van der Waals surface area contributed by atoms with Gasteiger partial charge in [-0.25, -0.2) is 13.4 Å². The summed E-state index contributed by atoms with van der Waals surface area (Å²) in [6.45, 7) is 0. The van der Waals surface area contributed by atoms with Crippen molar-refractivity contribution in [3.63, 3.8) is 0 Å². The van der Waals surface area contributed by atoms with Gasteiger partial charge in [-0.2, -0.15) is 0 Å². The zero-order valence-electron chi connectivity index (χ0n) is 10.5. The molecule has 1 N–H and O–H groups in total. The van der Waals surface area contributed by atoms with E-state index in [-0.39, 0.29) is 0 Å². The van der Waals surface area contributed by atoms with Crippen LogP contribution in [0.25, 0.3) is 17.1 Å². The molecule has 4 nitrogen and oxygen atoms in total. The summed E-state index contributed by atoms with van der Waals surface area (Å²) >= 11 is 0. The van der Waals surface area contributed by atoms with Crippen molar-refractivity contribution in [3.8, 4) is 0 Å². The second kappa shape index (κ2) is 4.94. The second-order valence-electron chi connectivity index (χ2n) is 4.31. The molecule has 0 unspecified atom stereocenters. The Hall–Kier alpha value is -2.40. The zero-order valence-corrected chi connectivity index (χ0v) is 11.3. The Kier molecular flexibility index (Phi) is 3.12. The number of nitrogens with one attached hydrogen (secondary N) is 1. The van der Waals surface area contributed by atoms with Gasteiger partial charge >= 0.3 is 0 Å². The van der Waals surface area contributed by atoms with Crippen molar-refractivity contribution in [2.24, 2.45) is 0 Å². The molecule has 0 radical (unpaired) electrons. The molecule has 2 heterocycles. The number of aromatic nitrogens is 2. The highest BCUT2D eigenvalue weighted by molar-refractivity contribution is 7.94. The van der Waals surface area contributed by atoms with E-state index in [0.717, 1.165) is 16.6 Å². The van der Waals surface area contributed by atoms with E-state index in [9.17, 15) is 8.42 Å². The topological polar surface area (TPSA) is 62.8 Å². The van der Waals surface area contributed by atoms with E-state index in [1.54, 1.807) is 30.6 Å². The summed E-state index contributed by atoms with van der Waals surface area (Å²) in [7, 11) is -3.09. The van der Waals surface area contributed by atoms with Gasteiger partial charge in [0.25, 0.3) is 0 Å². The highest BCUT2D eigenvalue weighted by Gasteiger charge is 2.18. The van der Waals surface area contributed by atoms with Crippen LogP contribution in [0.3, 0.4) is 0 Å². The van der Waals surface area contributed by atoms with Crippen LogP contribution in [-0.4, -0.2) is 18.4 Å². The van der Waals surface area contributed by atoms with Crippen LogP contribution in [0.2, 0.25) is 0 Å². The van der Waals surface area contributed by atoms with Crippen LogP contribution in [0.5, 0.6) is 0 Å². The SMILES string of the molecule is O=S1(=O)C=Cc2ccccc21.c1ccc2[nH]cnc2c1. The van der Waals surface area contributed by atoms with E-state index in [4.69, 9.17) is 0 Å². The summed E-state index contributed by atoms with van der Waals surface area (Å²) < 4.78 is 22.3. The number of hydrogen-bond acceptors (Lipinski definition) is 3. The molecule has 0 atom stereocenters. The Balaban J connectivity index is 0.000000123. The lowest BCUT2D eigenvalue weighted by atomic mass is 10.2. The van der Waals surface area contributed by atoms with E-state index >= 15 is 0 Å². The third-order valence-corrected chi connectivity index (χ3v) is 4.46. The first-order valence-electron chi connectivity index (χ1n) is 6.07. The van der Waals surface area contributed by atoms with Gasteiger partial charge in [0, 0.05) is 5.41 Å². The molecule has 20 heavy (non-hydrogen) atoms. The van der Waals surface area contributed by atoms with Crippen LogP contribution < -0.4 is 0 Å². The predicted molar refractivity (Wildman–Crippen MR) is 78.8 cm³/mol. The van der Waals surface area contributed by atoms with Gasteiger partial charge in [-0.1, -0.05) is 30.3 Å². The van der Waals surface area contributed by atoms with Crippen molar-refractivity contribution in [3.05, 3.63) is 65.8 Å². The predicted octanol–water partition coefficient (Wildman–Crippen LogP) is 3.01. The first kappa shape index (κ1) is 12.6. The molecule has 0 aliphatic carbocycles. The molecular weight excluding hydrogens is 272 g/mol. The minimum atomic E-state index is -3.09. The largest absolute Gasteiger partial charge is 0.345 e. The van der Waals surface area contributed by atoms with Crippen LogP contribution in [0.1, 0.15) is 5.56 Å². The van der Waals surface area contributed by atoms with Crippen LogP contribution in [-0.2, 0) is 9.84 Å². The summed E-state index contributed by atoms with van der Waals surface area (Å²) in [5, 5.41) is 1.23. The molecule has 1 aromatic heterocycles. The molecule has 0 spiro atoms. The van der Waals surface area contributed by atoms with Gasteiger partial charge in [-0.3, -0.25) is 0 Å². The monoisotopic (exact) mass is 284 g/mol. The van der Waals surface area contributed by atoms with E-state index in [1.165, 1.54) is 5.41 Å². The number of para-hydroxylation sites is 2. The van der Waals surface area contributed by atoms with Crippen LogP contribution >= 0.6 is 0 Å². The van der Waals surface area contributed by atoms with E-state index in [0.29, 0.717) is 4.90 Å². The van der Waals surface area contributed by atoms with Gasteiger partial charge in [0.05, 0.1) is 22.3 Å². The molecule has 0 saturated carbocycles. The third kappa shape index (κ3) is 2.35. The maximum absolute atomic E-state index is 11.2. The average molecular weight is 284 g/mol. The zero-order chi connectivity index (χ0) is 14.0. The van der Waals surface area contributed by atoms with Crippen LogP contribution in [0, 0.1) is 0 Å². The number of H-pyrrole nitrogens is 1. The Labute approximate surface area is 116 Å². The van der Waals surface area contributed by atoms with Crippen molar-refractivity contribution >= 4 is 26.9 Å². The fourth-order valence-electron chi connectivity index (χ4n) is 1.99. The average Bonchev–Trinajstić information content (AvgIpc) is 3.05. The summed E-state index contributed by atoms with van der Waals surface area (Å²) in [6.07, 6.45) is 3.31. The van der Waals surface area contributed by atoms with E-state index in [1.807, 2.05) is 30.3 Å². The summed E-state index contributed by atoms with van der Waals surface area (Å²) in [5.41, 5.74) is 2.91. The quantitative estimate of drug-likeness (QED) is 0.690. The minimum absolute atomic E-state index is 0.417. The molecule has 3 aromatic rings. The molecular formula is C15H12N2O2S. The Morgan fingerprint density at radius 3 is 2.50 bits per heavy atom. The first-order chi connectivity index (χ1) is 9.67. The molecule has 1 aliphatic rings. The fraction of sp³-hybridized carbons (Fsp3) is 0. The lowest BCUT2D eigenvalue weighted by molar-refractivity contribution is 0.605. The Morgan fingerprint density at radius 2 is 1.70 bits per heavy atom. The van der Waals surface area contributed by atoms with Gasteiger partial charge in [-0.15, -0.1) is 0 Å². The molecule has 4 rings (SSSR count). The van der Waals surface area contributed by atoms with Crippen molar-refractivity contribution < 1.29 is 8.42 Å². The van der Waals surface area contributed by atoms with Gasteiger partial charge in [0.1, 0.15) is 0 Å². The molecule has 1 aliphatic heterocycles. The smallest absolute Gasteiger partial charge is 0.200 e. The minimum Gasteiger partial charge on any atom is -0.345 e. The number of rotatable bonds is 0. The van der Waals surface area contributed by atoms with Crippen molar-refractivity contribution in [1.29, 1.82) is 0 Å². The number of aromatic amines is 1.